The predicted octanol–water partition coefficient (Wildman–Crippen LogP) is 5.73. The Bertz CT molecular complexity index is 250. The highest BCUT2D eigenvalue weighted by Crippen LogP contribution is 2.40. The van der Waals surface area contributed by atoms with Crippen molar-refractivity contribution in [3.8, 4) is 0 Å². The molecule has 0 unspecified atom stereocenters. The van der Waals surface area contributed by atoms with Gasteiger partial charge in [0.05, 0.1) is 0 Å². The highest BCUT2D eigenvalue weighted by atomic mass is 14.3. The Balaban J connectivity index is 1.83. The molecular formula is C17H30. The van der Waals surface area contributed by atoms with Crippen molar-refractivity contribution in [3.63, 3.8) is 0 Å². The van der Waals surface area contributed by atoms with Gasteiger partial charge in [-0.15, -0.1) is 0 Å². The van der Waals surface area contributed by atoms with Gasteiger partial charge in [-0.2, -0.15) is 0 Å². The standard InChI is InChI=1S/C17H30/c1-17(2,3)16-11-9-15(10-12-16)13-14-7-5-4-6-8-14/h13-14,16H,4-12H2,1-3H3. The van der Waals surface area contributed by atoms with Crippen molar-refractivity contribution >= 4 is 0 Å². The van der Waals surface area contributed by atoms with E-state index in [2.05, 4.69) is 26.8 Å². The van der Waals surface area contributed by atoms with Crippen LogP contribution in [0.4, 0.5) is 0 Å². The molecule has 0 radical (unpaired) electrons. The van der Waals surface area contributed by atoms with Crippen molar-refractivity contribution in [2.24, 2.45) is 17.3 Å². The van der Waals surface area contributed by atoms with Crippen molar-refractivity contribution < 1.29 is 0 Å². The molecular weight excluding hydrogens is 204 g/mol. The van der Waals surface area contributed by atoms with Crippen LogP contribution in [0.15, 0.2) is 11.6 Å². The minimum Gasteiger partial charge on any atom is -0.0822 e. The summed E-state index contributed by atoms with van der Waals surface area (Å²) in [5.41, 5.74) is 2.31. The molecule has 2 aliphatic rings. The summed E-state index contributed by atoms with van der Waals surface area (Å²) in [4.78, 5) is 0. The average Bonchev–Trinajstić information content (AvgIpc) is 2.30. The molecule has 0 spiro atoms. The van der Waals surface area contributed by atoms with Crippen LogP contribution < -0.4 is 0 Å². The lowest BCUT2D eigenvalue weighted by Crippen LogP contribution is -2.23. The van der Waals surface area contributed by atoms with E-state index in [-0.39, 0.29) is 0 Å². The highest BCUT2D eigenvalue weighted by molar-refractivity contribution is 5.08. The molecule has 2 fully saturated rings. The molecule has 0 amide bonds. The van der Waals surface area contributed by atoms with E-state index < -0.39 is 0 Å². The third-order valence-corrected chi connectivity index (χ3v) is 4.97. The molecule has 0 saturated heterocycles. The summed E-state index contributed by atoms with van der Waals surface area (Å²) in [6.07, 6.45) is 15.7. The molecule has 0 nitrogen and oxygen atoms in total. The van der Waals surface area contributed by atoms with Crippen LogP contribution in [0, 0.1) is 17.3 Å². The Morgan fingerprint density at radius 3 is 2.00 bits per heavy atom. The molecule has 0 bridgehead atoms. The zero-order valence-corrected chi connectivity index (χ0v) is 12.1. The van der Waals surface area contributed by atoms with E-state index in [1.807, 2.05) is 0 Å². The maximum atomic E-state index is 2.66. The molecule has 0 N–H and O–H groups in total. The lowest BCUT2D eigenvalue weighted by molar-refractivity contribution is 0.196. The van der Waals surface area contributed by atoms with Gasteiger partial charge in [0.15, 0.2) is 0 Å². The van der Waals surface area contributed by atoms with Gasteiger partial charge in [-0.3, -0.25) is 0 Å². The second-order valence-electron chi connectivity index (χ2n) is 7.36. The Labute approximate surface area is 108 Å². The lowest BCUT2D eigenvalue weighted by atomic mass is 9.71. The van der Waals surface area contributed by atoms with Crippen molar-refractivity contribution in [3.05, 3.63) is 11.6 Å². The summed E-state index contributed by atoms with van der Waals surface area (Å²) < 4.78 is 0. The van der Waals surface area contributed by atoms with Crippen molar-refractivity contribution in [2.45, 2.75) is 78.6 Å². The summed E-state index contributed by atoms with van der Waals surface area (Å²) >= 11 is 0. The number of hydrogen-bond acceptors (Lipinski definition) is 0. The molecule has 0 aromatic heterocycles. The molecule has 0 heteroatoms. The summed E-state index contributed by atoms with van der Waals surface area (Å²) in [6, 6.07) is 0. The van der Waals surface area contributed by atoms with E-state index in [1.165, 1.54) is 57.8 Å². The first-order valence-corrected chi connectivity index (χ1v) is 7.75. The van der Waals surface area contributed by atoms with Crippen LogP contribution in [0.5, 0.6) is 0 Å². The molecule has 17 heavy (non-hydrogen) atoms. The predicted molar refractivity (Wildman–Crippen MR) is 76.1 cm³/mol. The SMILES string of the molecule is CC(C)(C)C1CCC(=CC2CCCCC2)CC1. The van der Waals surface area contributed by atoms with Crippen LogP contribution in [0.25, 0.3) is 0 Å². The molecule has 2 aliphatic carbocycles. The van der Waals surface area contributed by atoms with E-state index in [1.54, 1.807) is 5.57 Å². The van der Waals surface area contributed by atoms with E-state index >= 15 is 0 Å². The van der Waals surface area contributed by atoms with Gasteiger partial charge >= 0.3 is 0 Å². The summed E-state index contributed by atoms with van der Waals surface area (Å²) in [5.74, 6) is 1.89. The first-order valence-electron chi connectivity index (χ1n) is 7.75. The van der Waals surface area contributed by atoms with E-state index in [9.17, 15) is 0 Å². The zero-order chi connectivity index (χ0) is 12.3. The Kier molecular flexibility index (Phi) is 4.33. The molecule has 0 aromatic carbocycles. The molecule has 98 valence electrons. The molecule has 2 saturated carbocycles. The van der Waals surface area contributed by atoms with Crippen LogP contribution in [-0.2, 0) is 0 Å². The zero-order valence-electron chi connectivity index (χ0n) is 12.1. The second-order valence-corrected chi connectivity index (χ2v) is 7.36. The quantitative estimate of drug-likeness (QED) is 0.508. The van der Waals surface area contributed by atoms with Gasteiger partial charge in [0.2, 0.25) is 0 Å². The number of hydrogen-bond donors (Lipinski definition) is 0. The van der Waals surface area contributed by atoms with Crippen molar-refractivity contribution in [1.82, 2.24) is 0 Å². The van der Waals surface area contributed by atoms with Crippen LogP contribution in [0.3, 0.4) is 0 Å². The molecule has 2 rings (SSSR count). The Morgan fingerprint density at radius 2 is 1.47 bits per heavy atom. The van der Waals surface area contributed by atoms with Crippen LogP contribution >= 0.6 is 0 Å². The van der Waals surface area contributed by atoms with Gasteiger partial charge in [0.1, 0.15) is 0 Å². The van der Waals surface area contributed by atoms with Gasteiger partial charge in [0, 0.05) is 0 Å². The molecule has 0 atom stereocenters. The lowest BCUT2D eigenvalue weighted by Gasteiger charge is -2.35. The first kappa shape index (κ1) is 13.2. The minimum absolute atomic E-state index is 0.524. The van der Waals surface area contributed by atoms with Crippen molar-refractivity contribution in [1.29, 1.82) is 0 Å². The Morgan fingerprint density at radius 1 is 0.882 bits per heavy atom. The smallest absolute Gasteiger partial charge is 0.0231 e. The molecule has 0 heterocycles. The van der Waals surface area contributed by atoms with E-state index in [0.717, 1.165) is 11.8 Å². The van der Waals surface area contributed by atoms with Crippen LogP contribution in [0.1, 0.15) is 78.6 Å². The number of allylic oxidation sites excluding steroid dienone is 2. The van der Waals surface area contributed by atoms with Crippen LogP contribution in [-0.4, -0.2) is 0 Å². The van der Waals surface area contributed by atoms with Gasteiger partial charge in [-0.1, -0.05) is 51.7 Å². The topological polar surface area (TPSA) is 0 Å². The fraction of sp³-hybridized carbons (Fsp3) is 0.882. The summed E-state index contributed by atoms with van der Waals surface area (Å²) in [7, 11) is 0. The average molecular weight is 234 g/mol. The highest BCUT2D eigenvalue weighted by Gasteiger charge is 2.27. The largest absolute Gasteiger partial charge is 0.0822 e. The number of rotatable bonds is 1. The van der Waals surface area contributed by atoms with Crippen LogP contribution in [0.2, 0.25) is 0 Å². The first-order chi connectivity index (χ1) is 8.05. The maximum Gasteiger partial charge on any atom is -0.0231 e. The maximum absolute atomic E-state index is 2.66. The van der Waals surface area contributed by atoms with Gasteiger partial charge < -0.3 is 0 Å². The normalized spacial score (nSPS) is 28.2. The molecule has 0 aromatic rings. The monoisotopic (exact) mass is 234 g/mol. The van der Waals surface area contributed by atoms with E-state index in [0.29, 0.717) is 5.41 Å². The van der Waals surface area contributed by atoms with E-state index in [4.69, 9.17) is 0 Å². The van der Waals surface area contributed by atoms with Crippen molar-refractivity contribution in [2.75, 3.05) is 0 Å². The molecule has 0 aliphatic heterocycles. The third-order valence-electron chi connectivity index (χ3n) is 4.97. The fourth-order valence-electron chi connectivity index (χ4n) is 3.66. The van der Waals surface area contributed by atoms with Gasteiger partial charge in [0.25, 0.3) is 0 Å². The fourth-order valence-corrected chi connectivity index (χ4v) is 3.66. The minimum atomic E-state index is 0.524. The Hall–Kier alpha value is -0.260. The second kappa shape index (κ2) is 5.59. The summed E-state index contributed by atoms with van der Waals surface area (Å²) in [6.45, 7) is 7.23. The summed E-state index contributed by atoms with van der Waals surface area (Å²) in [5, 5.41) is 0. The van der Waals surface area contributed by atoms with Gasteiger partial charge in [-0.05, 0) is 55.8 Å². The third kappa shape index (κ3) is 3.86. The van der Waals surface area contributed by atoms with Gasteiger partial charge in [-0.25, -0.2) is 0 Å².